The quantitative estimate of drug-likeness (QED) is 0.409. The van der Waals surface area contributed by atoms with E-state index < -0.39 is 5.97 Å². The topological polar surface area (TPSA) is 85.7 Å². The second kappa shape index (κ2) is 11.0. The number of nitrogens with zero attached hydrogens (tertiary/aromatic N) is 2. The van der Waals surface area contributed by atoms with Crippen LogP contribution in [0.25, 0.3) is 0 Å². The third-order valence-corrected chi connectivity index (χ3v) is 6.28. The number of rotatable bonds is 9. The van der Waals surface area contributed by atoms with E-state index in [0.717, 1.165) is 54.9 Å². The van der Waals surface area contributed by atoms with Crippen LogP contribution in [0.5, 0.6) is 0 Å². The second-order valence-corrected chi connectivity index (χ2v) is 9.67. The Bertz CT molecular complexity index is 896. The molecule has 0 bridgehead atoms. The Morgan fingerprint density at radius 1 is 1.19 bits per heavy atom. The first-order valence-corrected chi connectivity index (χ1v) is 11.8. The Morgan fingerprint density at radius 3 is 2.50 bits per heavy atom. The average Bonchev–Trinajstić information content (AvgIpc) is 2.74. The lowest BCUT2D eigenvalue weighted by atomic mass is 9.90. The number of carboxylic acids is 1. The first-order chi connectivity index (χ1) is 15.2. The number of aromatic nitrogens is 1. The van der Waals surface area contributed by atoms with Crippen LogP contribution in [0.3, 0.4) is 0 Å². The molecule has 0 amide bonds. The van der Waals surface area contributed by atoms with Crippen molar-refractivity contribution in [2.24, 2.45) is 5.92 Å². The summed E-state index contributed by atoms with van der Waals surface area (Å²) < 4.78 is 0. The van der Waals surface area contributed by atoms with Crippen LogP contribution < -0.4 is 10.2 Å². The zero-order valence-electron chi connectivity index (χ0n) is 19.1. The molecule has 1 aliphatic rings. The number of hydrogen-bond acceptors (Lipinski definition) is 5. The number of nitrogens with one attached hydrogen (secondary N) is 1. The van der Waals surface area contributed by atoms with E-state index in [2.05, 4.69) is 41.2 Å². The normalized spacial score (nSPS) is 19.6. The smallest absolute Gasteiger partial charge is 0.303 e. The molecule has 0 radical (unpaired) electrons. The molecule has 6 nitrogen and oxygen atoms in total. The van der Waals surface area contributed by atoms with Gasteiger partial charge >= 0.3 is 5.97 Å². The molecule has 1 unspecified atom stereocenters. The van der Waals surface area contributed by atoms with Crippen molar-refractivity contribution < 1.29 is 15.0 Å². The van der Waals surface area contributed by atoms with Crippen molar-refractivity contribution in [2.75, 3.05) is 16.8 Å². The van der Waals surface area contributed by atoms with Crippen LogP contribution >= 0.6 is 11.6 Å². The maximum Gasteiger partial charge on any atom is 0.303 e. The van der Waals surface area contributed by atoms with Gasteiger partial charge in [-0.2, -0.15) is 0 Å². The molecule has 1 atom stereocenters. The van der Waals surface area contributed by atoms with Crippen molar-refractivity contribution >= 4 is 34.6 Å². The van der Waals surface area contributed by atoms with Crippen LogP contribution in [-0.2, 0) is 4.79 Å². The average molecular weight is 460 g/mol. The maximum absolute atomic E-state index is 11.3. The molecule has 7 heteroatoms. The summed E-state index contributed by atoms with van der Waals surface area (Å²) in [6, 6.07) is 10.2. The summed E-state index contributed by atoms with van der Waals surface area (Å²) in [5, 5.41) is 23.2. The Morgan fingerprint density at radius 2 is 1.91 bits per heavy atom. The minimum atomic E-state index is -0.805. The van der Waals surface area contributed by atoms with Crippen LogP contribution in [0, 0.1) is 5.92 Å². The number of carbonyl (C=O) groups is 1. The zero-order valence-corrected chi connectivity index (χ0v) is 19.8. The molecule has 174 valence electrons. The fourth-order valence-corrected chi connectivity index (χ4v) is 4.51. The van der Waals surface area contributed by atoms with Crippen LogP contribution in [-0.4, -0.2) is 39.9 Å². The molecule has 1 aromatic carbocycles. The molecule has 1 aliphatic carbocycles. The lowest BCUT2D eigenvalue weighted by Crippen LogP contribution is -2.41. The number of aliphatic hydroxyl groups excluding tert-OH is 1. The Kier molecular flexibility index (Phi) is 8.38. The van der Waals surface area contributed by atoms with Crippen LogP contribution in [0.2, 0.25) is 5.15 Å². The third kappa shape index (κ3) is 6.59. The van der Waals surface area contributed by atoms with Gasteiger partial charge in [-0.1, -0.05) is 38.4 Å². The van der Waals surface area contributed by atoms with Crippen LogP contribution in [0.4, 0.5) is 17.1 Å². The van der Waals surface area contributed by atoms with Crippen molar-refractivity contribution in [3.05, 3.63) is 47.2 Å². The van der Waals surface area contributed by atoms with Gasteiger partial charge in [-0.3, -0.25) is 4.79 Å². The van der Waals surface area contributed by atoms with E-state index in [-0.39, 0.29) is 18.4 Å². The number of benzene rings is 1. The summed E-state index contributed by atoms with van der Waals surface area (Å²) in [5.74, 6) is -0.438. The highest BCUT2D eigenvalue weighted by molar-refractivity contribution is 6.29. The lowest BCUT2D eigenvalue weighted by Gasteiger charge is -2.39. The molecule has 1 heterocycles. The molecule has 1 aromatic heterocycles. The molecule has 0 spiro atoms. The van der Waals surface area contributed by atoms with Gasteiger partial charge in [0, 0.05) is 12.6 Å². The van der Waals surface area contributed by atoms with Gasteiger partial charge in [0.05, 0.1) is 35.8 Å². The Balaban J connectivity index is 1.99. The van der Waals surface area contributed by atoms with Crippen LogP contribution in [0.15, 0.2) is 36.5 Å². The minimum Gasteiger partial charge on any atom is -0.481 e. The molecule has 3 N–H and O–H groups in total. The summed E-state index contributed by atoms with van der Waals surface area (Å²) in [5.41, 5.74) is 3.81. The summed E-state index contributed by atoms with van der Waals surface area (Å²) >= 11 is 5.96. The molecule has 1 saturated carbocycles. The van der Waals surface area contributed by atoms with Gasteiger partial charge in [0.2, 0.25) is 0 Å². The van der Waals surface area contributed by atoms with E-state index in [1.807, 2.05) is 19.1 Å². The van der Waals surface area contributed by atoms with Crippen molar-refractivity contribution in [2.45, 2.75) is 70.9 Å². The Labute approximate surface area is 195 Å². The van der Waals surface area contributed by atoms with E-state index >= 15 is 0 Å². The number of carboxylic acid groups (broad SMARTS) is 1. The van der Waals surface area contributed by atoms with Crippen molar-refractivity contribution in [3.8, 4) is 0 Å². The fourth-order valence-electron chi connectivity index (χ4n) is 4.40. The third-order valence-electron chi connectivity index (χ3n) is 6.06. The van der Waals surface area contributed by atoms with Gasteiger partial charge in [-0.25, -0.2) is 4.98 Å². The minimum absolute atomic E-state index is 0.0809. The van der Waals surface area contributed by atoms with Crippen molar-refractivity contribution in [3.63, 3.8) is 0 Å². The number of pyridine rings is 1. The molecule has 1 fully saturated rings. The van der Waals surface area contributed by atoms with Gasteiger partial charge in [-0.15, -0.1) is 0 Å². The van der Waals surface area contributed by atoms with Gasteiger partial charge in [0.15, 0.2) is 0 Å². The maximum atomic E-state index is 11.3. The highest BCUT2D eigenvalue weighted by atomic mass is 35.5. The first-order valence-electron chi connectivity index (χ1n) is 11.4. The molecule has 32 heavy (non-hydrogen) atoms. The lowest BCUT2D eigenvalue weighted by molar-refractivity contribution is -0.137. The van der Waals surface area contributed by atoms with Gasteiger partial charge in [0.25, 0.3) is 0 Å². The van der Waals surface area contributed by atoms with Gasteiger partial charge < -0.3 is 20.4 Å². The van der Waals surface area contributed by atoms with Gasteiger partial charge in [0.1, 0.15) is 5.15 Å². The molecule has 2 aromatic rings. The SMILES string of the molecule is CC(C)CN(c1ccc(C(C)CC(=O)O)cc1Nc1ccc(Cl)nc1)C1CCC(O)CC1. The zero-order chi connectivity index (χ0) is 23.3. The first kappa shape index (κ1) is 24.3. The largest absolute Gasteiger partial charge is 0.481 e. The Hall–Kier alpha value is -2.31. The molecular weight excluding hydrogens is 426 g/mol. The highest BCUT2D eigenvalue weighted by Crippen LogP contribution is 2.37. The van der Waals surface area contributed by atoms with Crippen LogP contribution in [0.1, 0.15) is 64.4 Å². The van der Waals surface area contributed by atoms with E-state index in [1.54, 1.807) is 12.3 Å². The summed E-state index contributed by atoms with van der Waals surface area (Å²) in [6.45, 7) is 7.26. The summed E-state index contributed by atoms with van der Waals surface area (Å²) in [6.07, 6.45) is 5.11. The number of anilines is 3. The van der Waals surface area contributed by atoms with E-state index in [0.29, 0.717) is 17.1 Å². The highest BCUT2D eigenvalue weighted by Gasteiger charge is 2.27. The predicted octanol–water partition coefficient (Wildman–Crippen LogP) is 5.82. The van der Waals surface area contributed by atoms with E-state index in [4.69, 9.17) is 11.6 Å². The number of hydrogen-bond donors (Lipinski definition) is 3. The summed E-state index contributed by atoms with van der Waals surface area (Å²) in [4.78, 5) is 17.9. The monoisotopic (exact) mass is 459 g/mol. The standard InChI is InChI=1S/C25H34ClN3O3/c1-16(2)15-29(20-6-8-21(30)9-7-20)23-10-4-18(17(3)12-25(31)32)13-22(23)28-19-5-11-24(26)27-14-19/h4-5,10-11,13-14,16-17,20-21,28,30H,6-9,12,15H2,1-3H3,(H,31,32). The molecular formula is C25H34ClN3O3. The summed E-state index contributed by atoms with van der Waals surface area (Å²) in [7, 11) is 0. The predicted molar refractivity (Wildman–Crippen MR) is 130 cm³/mol. The van der Waals surface area contributed by atoms with Crippen molar-refractivity contribution in [1.29, 1.82) is 0 Å². The van der Waals surface area contributed by atoms with Crippen molar-refractivity contribution in [1.82, 2.24) is 4.98 Å². The van der Waals surface area contributed by atoms with E-state index in [9.17, 15) is 15.0 Å². The number of halogens is 1. The molecule has 0 aliphatic heterocycles. The van der Waals surface area contributed by atoms with E-state index in [1.165, 1.54) is 0 Å². The molecule has 0 saturated heterocycles. The number of aliphatic hydroxyl groups is 1. The van der Waals surface area contributed by atoms with Gasteiger partial charge in [-0.05, 0) is 67.3 Å². The fraction of sp³-hybridized carbons (Fsp3) is 0.520. The molecule has 3 rings (SSSR count). The second-order valence-electron chi connectivity index (χ2n) is 9.28. The number of aliphatic carboxylic acids is 1.